The van der Waals surface area contributed by atoms with Crippen LogP contribution < -0.4 is 10.5 Å². The number of rotatable bonds is 6. The van der Waals surface area contributed by atoms with E-state index < -0.39 is 10.0 Å². The van der Waals surface area contributed by atoms with E-state index in [0.29, 0.717) is 23.9 Å². The molecule has 1 aromatic rings. The molecule has 0 aliphatic carbocycles. The normalized spacial score (nSPS) is 18.5. The lowest BCUT2D eigenvalue weighted by Crippen LogP contribution is -2.38. The van der Waals surface area contributed by atoms with Gasteiger partial charge in [0.25, 0.3) is 0 Å². The van der Waals surface area contributed by atoms with Gasteiger partial charge in [0.15, 0.2) is 0 Å². The first kappa shape index (κ1) is 15.9. The Morgan fingerprint density at radius 2 is 2.15 bits per heavy atom. The molecule has 0 aromatic carbocycles. The average molecular weight is 317 g/mol. The van der Waals surface area contributed by atoms with Crippen LogP contribution in [0.4, 0.5) is 0 Å². The molecule has 2 rings (SSSR count). The zero-order valence-corrected chi connectivity index (χ0v) is 13.5. The van der Waals surface area contributed by atoms with Crippen molar-refractivity contribution in [3.63, 3.8) is 0 Å². The second-order valence-electron chi connectivity index (χ2n) is 5.18. The number of nitrogens with one attached hydrogen (secondary N) is 1. The van der Waals surface area contributed by atoms with Crippen molar-refractivity contribution in [3.8, 4) is 0 Å². The summed E-state index contributed by atoms with van der Waals surface area (Å²) in [5.41, 5.74) is 5.51. The highest BCUT2D eigenvalue weighted by molar-refractivity contribution is 7.89. The van der Waals surface area contributed by atoms with E-state index in [0.717, 1.165) is 37.4 Å². The molecule has 7 heteroatoms. The molecule has 3 N–H and O–H groups in total. The van der Waals surface area contributed by atoms with Gasteiger partial charge in [0.05, 0.1) is 4.90 Å². The zero-order valence-electron chi connectivity index (χ0n) is 11.8. The van der Waals surface area contributed by atoms with E-state index in [4.69, 9.17) is 5.73 Å². The van der Waals surface area contributed by atoms with Crippen molar-refractivity contribution in [2.75, 3.05) is 26.2 Å². The smallest absolute Gasteiger partial charge is 0.241 e. The first-order valence-electron chi connectivity index (χ1n) is 7.04. The third-order valence-corrected chi connectivity index (χ3v) is 6.37. The molecule has 1 aromatic heterocycles. The molecule has 5 nitrogen and oxygen atoms in total. The number of thiophene rings is 1. The van der Waals surface area contributed by atoms with Gasteiger partial charge in [0, 0.05) is 23.3 Å². The topological polar surface area (TPSA) is 75.4 Å². The van der Waals surface area contributed by atoms with Gasteiger partial charge >= 0.3 is 0 Å². The van der Waals surface area contributed by atoms with Gasteiger partial charge in [-0.25, -0.2) is 13.1 Å². The molecule has 0 amide bonds. The molecule has 1 saturated heterocycles. The molecular weight excluding hydrogens is 294 g/mol. The lowest BCUT2D eigenvalue weighted by molar-refractivity contribution is 0.194. The van der Waals surface area contributed by atoms with E-state index in [1.165, 1.54) is 11.3 Å². The minimum atomic E-state index is -3.38. The summed E-state index contributed by atoms with van der Waals surface area (Å²) in [4.78, 5) is 3.63. The van der Waals surface area contributed by atoms with Crippen LogP contribution in [0, 0.1) is 5.92 Å². The molecule has 0 bridgehead atoms. The molecule has 1 aliphatic rings. The number of piperidine rings is 1. The number of nitrogens with two attached hydrogens (primary N) is 1. The Balaban J connectivity index is 1.87. The maximum Gasteiger partial charge on any atom is 0.241 e. The molecular formula is C13H23N3O2S2. The van der Waals surface area contributed by atoms with Crippen LogP contribution in [0.15, 0.2) is 16.3 Å². The van der Waals surface area contributed by atoms with Crippen LogP contribution in [-0.2, 0) is 16.6 Å². The van der Waals surface area contributed by atoms with Gasteiger partial charge in [-0.1, -0.05) is 6.92 Å². The van der Waals surface area contributed by atoms with Crippen LogP contribution in [0.25, 0.3) is 0 Å². The number of nitrogens with zero attached hydrogens (tertiary/aromatic N) is 1. The highest BCUT2D eigenvalue weighted by atomic mass is 32.2. The van der Waals surface area contributed by atoms with Crippen molar-refractivity contribution in [1.29, 1.82) is 0 Å². The zero-order chi connectivity index (χ0) is 14.6. The molecule has 0 atom stereocenters. The maximum absolute atomic E-state index is 12.2. The number of hydrogen-bond acceptors (Lipinski definition) is 5. The van der Waals surface area contributed by atoms with Crippen LogP contribution >= 0.6 is 11.3 Å². The van der Waals surface area contributed by atoms with Gasteiger partial charge in [-0.05, 0) is 44.5 Å². The fraction of sp³-hybridized carbons (Fsp3) is 0.692. The Morgan fingerprint density at radius 1 is 1.45 bits per heavy atom. The van der Waals surface area contributed by atoms with E-state index in [1.807, 2.05) is 0 Å². The Hall–Kier alpha value is -0.470. The fourth-order valence-corrected chi connectivity index (χ4v) is 4.70. The Kier molecular flexibility index (Phi) is 5.57. The van der Waals surface area contributed by atoms with Crippen molar-refractivity contribution in [2.24, 2.45) is 11.7 Å². The number of likely N-dealkylation sites (tertiary alicyclic amines) is 1. The van der Waals surface area contributed by atoms with Crippen LogP contribution in [0.1, 0.15) is 24.6 Å². The molecule has 1 aliphatic heterocycles. The molecule has 114 valence electrons. The highest BCUT2D eigenvalue weighted by Gasteiger charge is 2.21. The van der Waals surface area contributed by atoms with E-state index in [2.05, 4.69) is 16.5 Å². The summed E-state index contributed by atoms with van der Waals surface area (Å²) in [6.45, 7) is 6.30. The van der Waals surface area contributed by atoms with Crippen molar-refractivity contribution in [2.45, 2.75) is 31.2 Å². The Labute approximate surface area is 125 Å². The summed E-state index contributed by atoms with van der Waals surface area (Å²) in [6.07, 6.45) is 2.13. The van der Waals surface area contributed by atoms with Crippen molar-refractivity contribution < 1.29 is 8.42 Å². The highest BCUT2D eigenvalue weighted by Crippen LogP contribution is 2.20. The lowest BCUT2D eigenvalue weighted by Gasteiger charge is -2.30. The monoisotopic (exact) mass is 317 g/mol. The quantitative estimate of drug-likeness (QED) is 0.827. The average Bonchev–Trinajstić information content (AvgIpc) is 2.95. The third-order valence-electron chi connectivity index (χ3n) is 3.86. The predicted molar refractivity (Wildman–Crippen MR) is 82.2 cm³/mol. The van der Waals surface area contributed by atoms with Crippen LogP contribution in [0.2, 0.25) is 0 Å². The summed E-state index contributed by atoms with van der Waals surface area (Å²) < 4.78 is 27.1. The van der Waals surface area contributed by atoms with Gasteiger partial charge in [0.1, 0.15) is 0 Å². The minimum absolute atomic E-state index is 0.342. The first-order valence-corrected chi connectivity index (χ1v) is 9.41. The summed E-state index contributed by atoms with van der Waals surface area (Å²) >= 11 is 1.39. The van der Waals surface area contributed by atoms with E-state index in [1.54, 1.807) is 11.4 Å². The van der Waals surface area contributed by atoms with Crippen molar-refractivity contribution in [1.82, 2.24) is 9.62 Å². The van der Waals surface area contributed by atoms with Crippen molar-refractivity contribution in [3.05, 3.63) is 16.3 Å². The number of hydrogen-bond donors (Lipinski definition) is 2. The Bertz CT molecular complexity index is 519. The van der Waals surface area contributed by atoms with Crippen LogP contribution in [0.3, 0.4) is 0 Å². The second kappa shape index (κ2) is 7.00. The molecule has 0 saturated carbocycles. The van der Waals surface area contributed by atoms with Crippen LogP contribution in [-0.4, -0.2) is 39.5 Å². The van der Waals surface area contributed by atoms with Gasteiger partial charge in [0.2, 0.25) is 10.0 Å². The Morgan fingerprint density at radius 3 is 2.70 bits per heavy atom. The standard InChI is InChI=1S/C13H23N3O2S2/c1-2-16-5-3-11(4-6-16)9-15-20(17,18)13-7-12(8-14)19-10-13/h7,10-11,15H,2-6,8-9,14H2,1H3. The lowest BCUT2D eigenvalue weighted by atomic mass is 9.97. The molecule has 0 radical (unpaired) electrons. The minimum Gasteiger partial charge on any atom is -0.326 e. The van der Waals surface area contributed by atoms with E-state index in [9.17, 15) is 8.42 Å². The third kappa shape index (κ3) is 4.02. The van der Waals surface area contributed by atoms with E-state index >= 15 is 0 Å². The van der Waals surface area contributed by atoms with Gasteiger partial charge in [-0.2, -0.15) is 0 Å². The molecule has 1 fully saturated rings. The summed E-state index contributed by atoms with van der Waals surface area (Å²) in [5, 5.41) is 1.66. The van der Waals surface area contributed by atoms with Gasteiger partial charge in [-0.3, -0.25) is 0 Å². The van der Waals surface area contributed by atoms with Crippen molar-refractivity contribution >= 4 is 21.4 Å². The first-order chi connectivity index (χ1) is 9.55. The van der Waals surface area contributed by atoms with Gasteiger partial charge < -0.3 is 10.6 Å². The SMILES string of the molecule is CCN1CCC(CNS(=O)(=O)c2csc(CN)c2)CC1. The maximum atomic E-state index is 12.2. The fourth-order valence-electron chi connectivity index (χ4n) is 2.43. The molecule has 0 unspecified atom stereocenters. The molecule has 0 spiro atoms. The number of sulfonamides is 1. The van der Waals surface area contributed by atoms with Gasteiger partial charge in [-0.15, -0.1) is 11.3 Å². The van der Waals surface area contributed by atoms with Crippen LogP contribution in [0.5, 0.6) is 0 Å². The van der Waals surface area contributed by atoms with E-state index in [-0.39, 0.29) is 0 Å². The molecule has 20 heavy (non-hydrogen) atoms. The summed E-state index contributed by atoms with van der Waals surface area (Å²) in [6, 6.07) is 1.66. The molecule has 2 heterocycles. The second-order valence-corrected chi connectivity index (χ2v) is 7.95. The largest absolute Gasteiger partial charge is 0.326 e. The summed E-state index contributed by atoms with van der Waals surface area (Å²) in [7, 11) is -3.38. The summed E-state index contributed by atoms with van der Waals surface area (Å²) in [5.74, 6) is 0.445. The predicted octanol–water partition coefficient (Wildman–Crippen LogP) is 1.22.